The van der Waals surface area contributed by atoms with Crippen molar-refractivity contribution >= 4 is 27.4 Å². The maximum absolute atomic E-state index is 4.60. The number of nitrogens with one attached hydrogen (secondary N) is 2. The van der Waals surface area contributed by atoms with Gasteiger partial charge >= 0.3 is 0 Å². The molecular formula is C21H21N7S. The number of piperazine rings is 1. The first-order valence-corrected chi connectivity index (χ1v) is 10.9. The molecule has 2 aliphatic rings. The maximum atomic E-state index is 4.60. The molecule has 0 radical (unpaired) electrons. The predicted octanol–water partition coefficient (Wildman–Crippen LogP) is 3.33. The smallest absolute Gasteiger partial charge is 0.151 e. The van der Waals surface area contributed by atoms with Gasteiger partial charge in [0.05, 0.1) is 27.6 Å². The van der Waals surface area contributed by atoms with Gasteiger partial charge < -0.3 is 10.2 Å². The molecule has 1 saturated heterocycles. The second-order valence-electron chi connectivity index (χ2n) is 7.80. The van der Waals surface area contributed by atoms with E-state index in [9.17, 15) is 0 Å². The van der Waals surface area contributed by atoms with Gasteiger partial charge in [0.2, 0.25) is 0 Å². The summed E-state index contributed by atoms with van der Waals surface area (Å²) in [5.41, 5.74) is 6.95. The number of hydrogen-bond donors (Lipinski definition) is 2. The lowest BCUT2D eigenvalue weighted by molar-refractivity contribution is 0.416. The SMILES string of the molecule is c1nc2c(-c3cn[nH]c3)ccc(-c3ccc(N4CCNC(C5CC5)C4)nn3)c2s1. The molecule has 1 atom stereocenters. The number of hydrogen-bond acceptors (Lipinski definition) is 7. The van der Waals surface area contributed by atoms with E-state index in [1.54, 1.807) is 11.3 Å². The molecule has 3 aromatic heterocycles. The van der Waals surface area contributed by atoms with Crippen LogP contribution in [0.5, 0.6) is 0 Å². The average Bonchev–Trinajstić information content (AvgIpc) is 3.26. The van der Waals surface area contributed by atoms with E-state index in [0.29, 0.717) is 6.04 Å². The van der Waals surface area contributed by atoms with Crippen molar-refractivity contribution in [1.82, 2.24) is 30.7 Å². The number of rotatable bonds is 4. The highest BCUT2D eigenvalue weighted by molar-refractivity contribution is 7.17. The van der Waals surface area contributed by atoms with Gasteiger partial charge in [-0.3, -0.25) is 5.10 Å². The van der Waals surface area contributed by atoms with Crippen molar-refractivity contribution in [2.24, 2.45) is 5.92 Å². The minimum absolute atomic E-state index is 0.595. The van der Waals surface area contributed by atoms with Crippen molar-refractivity contribution in [3.05, 3.63) is 42.2 Å². The number of thiazole rings is 1. The highest BCUT2D eigenvalue weighted by Gasteiger charge is 2.34. The maximum Gasteiger partial charge on any atom is 0.151 e. The molecule has 2 N–H and O–H groups in total. The Hall–Kier alpha value is -2.84. The van der Waals surface area contributed by atoms with E-state index in [1.807, 2.05) is 17.9 Å². The standard InChI is InChI=1S/C21H21N7S/c1-2-13(1)18-11-28(8-7-22-18)19-6-5-17(26-27-19)16-4-3-15(14-9-24-25-10-14)20-21(16)29-12-23-20/h3-6,9-10,12-13,18,22H,1-2,7-8,11H2,(H,24,25). The number of aromatic nitrogens is 5. The highest BCUT2D eigenvalue weighted by Crippen LogP contribution is 2.37. The molecular weight excluding hydrogens is 382 g/mol. The summed E-state index contributed by atoms with van der Waals surface area (Å²) >= 11 is 1.63. The molecule has 7 nitrogen and oxygen atoms in total. The van der Waals surface area contributed by atoms with E-state index in [-0.39, 0.29) is 0 Å². The Balaban J connectivity index is 1.31. The summed E-state index contributed by atoms with van der Waals surface area (Å²) < 4.78 is 1.13. The van der Waals surface area contributed by atoms with Crippen LogP contribution < -0.4 is 10.2 Å². The van der Waals surface area contributed by atoms with E-state index >= 15 is 0 Å². The monoisotopic (exact) mass is 403 g/mol. The van der Waals surface area contributed by atoms with Crippen molar-refractivity contribution in [2.75, 3.05) is 24.5 Å². The summed E-state index contributed by atoms with van der Waals surface area (Å²) in [6, 6.07) is 8.99. The second-order valence-corrected chi connectivity index (χ2v) is 8.65. The first kappa shape index (κ1) is 17.1. The number of benzene rings is 1. The van der Waals surface area contributed by atoms with Crippen molar-refractivity contribution in [1.29, 1.82) is 0 Å². The van der Waals surface area contributed by atoms with E-state index < -0.39 is 0 Å². The van der Waals surface area contributed by atoms with Gasteiger partial charge in [0.1, 0.15) is 0 Å². The molecule has 4 heterocycles. The van der Waals surface area contributed by atoms with Crippen LogP contribution in [0, 0.1) is 5.92 Å². The molecule has 0 bridgehead atoms. The van der Waals surface area contributed by atoms with Crippen LogP contribution in [0.3, 0.4) is 0 Å². The van der Waals surface area contributed by atoms with E-state index in [1.165, 1.54) is 12.8 Å². The highest BCUT2D eigenvalue weighted by atomic mass is 32.1. The van der Waals surface area contributed by atoms with Gasteiger partial charge in [-0.1, -0.05) is 12.1 Å². The summed E-state index contributed by atoms with van der Waals surface area (Å²) in [6.07, 6.45) is 6.43. The first-order chi connectivity index (χ1) is 14.4. The zero-order chi connectivity index (χ0) is 19.2. The van der Waals surface area contributed by atoms with Gasteiger partial charge in [0, 0.05) is 48.6 Å². The van der Waals surface area contributed by atoms with Crippen LogP contribution in [0.4, 0.5) is 5.82 Å². The van der Waals surface area contributed by atoms with Gasteiger partial charge in [0.25, 0.3) is 0 Å². The largest absolute Gasteiger partial charge is 0.352 e. The van der Waals surface area contributed by atoms with E-state index in [2.05, 4.69) is 59.9 Å². The lowest BCUT2D eigenvalue weighted by Crippen LogP contribution is -2.52. The fourth-order valence-corrected chi connectivity index (χ4v) is 5.06. The second kappa shape index (κ2) is 6.89. The number of anilines is 1. The molecule has 146 valence electrons. The molecule has 1 saturated carbocycles. The lowest BCUT2D eigenvalue weighted by atomic mass is 10.0. The summed E-state index contributed by atoms with van der Waals surface area (Å²) in [6.45, 7) is 3.02. The number of aromatic amines is 1. The third-order valence-corrected chi connectivity index (χ3v) is 6.80. The van der Waals surface area contributed by atoms with Crippen LogP contribution in [0.1, 0.15) is 12.8 Å². The zero-order valence-electron chi connectivity index (χ0n) is 15.9. The first-order valence-electron chi connectivity index (χ1n) is 10.0. The Bertz CT molecular complexity index is 1130. The molecule has 6 rings (SSSR count). The number of fused-ring (bicyclic) bond motifs is 1. The molecule has 1 aromatic carbocycles. The fourth-order valence-electron chi connectivity index (χ4n) is 4.22. The molecule has 2 fully saturated rings. The number of H-pyrrole nitrogens is 1. The third-order valence-electron chi connectivity index (χ3n) is 5.94. The minimum Gasteiger partial charge on any atom is -0.352 e. The van der Waals surface area contributed by atoms with Crippen molar-refractivity contribution in [3.8, 4) is 22.4 Å². The summed E-state index contributed by atoms with van der Waals surface area (Å²) in [7, 11) is 0. The zero-order valence-corrected chi connectivity index (χ0v) is 16.7. The van der Waals surface area contributed by atoms with Crippen LogP contribution in [0.25, 0.3) is 32.6 Å². The molecule has 8 heteroatoms. The molecule has 29 heavy (non-hydrogen) atoms. The van der Waals surface area contributed by atoms with Gasteiger partial charge in [0.15, 0.2) is 5.82 Å². The molecule has 1 aliphatic heterocycles. The van der Waals surface area contributed by atoms with Gasteiger partial charge in [-0.15, -0.1) is 21.5 Å². The van der Waals surface area contributed by atoms with Crippen LogP contribution >= 0.6 is 11.3 Å². The third kappa shape index (κ3) is 3.08. The Kier molecular flexibility index (Phi) is 4.05. The topological polar surface area (TPSA) is 82.6 Å². The Morgan fingerprint density at radius 3 is 2.79 bits per heavy atom. The van der Waals surface area contributed by atoms with Crippen LogP contribution in [0.15, 0.2) is 42.2 Å². The van der Waals surface area contributed by atoms with Gasteiger partial charge in [-0.25, -0.2) is 4.98 Å². The summed E-state index contributed by atoms with van der Waals surface area (Å²) in [5.74, 6) is 1.81. The number of nitrogens with zero attached hydrogens (tertiary/aromatic N) is 5. The summed E-state index contributed by atoms with van der Waals surface area (Å²) in [4.78, 5) is 6.96. The van der Waals surface area contributed by atoms with Crippen molar-refractivity contribution in [2.45, 2.75) is 18.9 Å². The lowest BCUT2D eigenvalue weighted by Gasteiger charge is -2.34. The predicted molar refractivity (Wildman–Crippen MR) is 115 cm³/mol. The molecule has 0 amide bonds. The average molecular weight is 404 g/mol. The van der Waals surface area contributed by atoms with E-state index in [0.717, 1.165) is 64.0 Å². The molecule has 4 aromatic rings. The van der Waals surface area contributed by atoms with Crippen LogP contribution in [0.2, 0.25) is 0 Å². The Labute approximate surface area is 172 Å². The van der Waals surface area contributed by atoms with Gasteiger partial charge in [-0.05, 0) is 30.9 Å². The molecule has 1 aliphatic carbocycles. The van der Waals surface area contributed by atoms with Gasteiger partial charge in [-0.2, -0.15) is 5.10 Å². The summed E-state index contributed by atoms with van der Waals surface area (Å²) in [5, 5.41) is 19.7. The molecule has 0 spiro atoms. The van der Waals surface area contributed by atoms with Crippen molar-refractivity contribution < 1.29 is 0 Å². The minimum atomic E-state index is 0.595. The molecule has 1 unspecified atom stereocenters. The quantitative estimate of drug-likeness (QED) is 0.544. The normalized spacial score (nSPS) is 19.7. The van der Waals surface area contributed by atoms with E-state index in [4.69, 9.17) is 0 Å². The van der Waals surface area contributed by atoms with Crippen LogP contribution in [-0.2, 0) is 0 Å². The fraction of sp³-hybridized carbons (Fsp3) is 0.333. The van der Waals surface area contributed by atoms with Crippen molar-refractivity contribution in [3.63, 3.8) is 0 Å². The van der Waals surface area contributed by atoms with Crippen LogP contribution in [-0.4, -0.2) is 51.1 Å². The Morgan fingerprint density at radius 2 is 2.00 bits per heavy atom. The Morgan fingerprint density at radius 1 is 1.07 bits per heavy atom.